The molecule has 0 bridgehead atoms. The van der Waals surface area contributed by atoms with Gasteiger partial charge in [0.1, 0.15) is 11.9 Å². The van der Waals surface area contributed by atoms with Crippen LogP contribution in [0.5, 0.6) is 5.75 Å². The second kappa shape index (κ2) is 5.69. The number of benzene rings is 1. The average molecular weight is 304 g/mol. The molecule has 6 heteroatoms. The highest BCUT2D eigenvalue weighted by molar-refractivity contribution is 7.87. The third-order valence-corrected chi connectivity index (χ3v) is 4.83. The number of para-hydroxylation sites is 1. The van der Waals surface area contributed by atoms with Crippen LogP contribution < -0.4 is 4.74 Å². The number of rotatable bonds is 5. The van der Waals surface area contributed by atoms with Crippen molar-refractivity contribution in [3.05, 3.63) is 30.3 Å². The van der Waals surface area contributed by atoms with E-state index in [9.17, 15) is 13.0 Å². The molecule has 0 aliphatic rings. The maximum absolute atomic E-state index is 15.2. The Morgan fingerprint density at radius 1 is 1.25 bits per heavy atom. The predicted molar refractivity (Wildman–Crippen MR) is 76.0 cm³/mol. The van der Waals surface area contributed by atoms with E-state index < -0.39 is 26.6 Å². The van der Waals surface area contributed by atoms with Crippen molar-refractivity contribution in [1.29, 1.82) is 0 Å². The van der Waals surface area contributed by atoms with Crippen molar-refractivity contribution < 1.29 is 22.1 Å². The molecule has 0 aliphatic heterocycles. The first-order chi connectivity index (χ1) is 9.04. The summed E-state index contributed by atoms with van der Waals surface area (Å²) in [5.74, 6) is 0.356. The topological polar surface area (TPSA) is 63.6 Å². The molecule has 0 saturated heterocycles. The highest BCUT2D eigenvalue weighted by Crippen LogP contribution is 2.43. The molecule has 0 aliphatic carbocycles. The molecular formula is C14H21FO4S. The highest BCUT2D eigenvalue weighted by Gasteiger charge is 2.60. The highest BCUT2D eigenvalue weighted by atomic mass is 32.2. The SMILES string of the molecule is CCC(Oc1ccccc1)C(F)(C(C)(C)C)S(=O)(=O)O. The van der Waals surface area contributed by atoms with E-state index in [0.717, 1.165) is 0 Å². The van der Waals surface area contributed by atoms with Crippen molar-refractivity contribution >= 4 is 10.1 Å². The van der Waals surface area contributed by atoms with Crippen molar-refractivity contribution in [2.24, 2.45) is 5.41 Å². The molecule has 2 unspecified atom stereocenters. The Morgan fingerprint density at radius 2 is 1.75 bits per heavy atom. The van der Waals surface area contributed by atoms with Gasteiger partial charge in [0.2, 0.25) is 0 Å². The molecule has 0 spiro atoms. The predicted octanol–water partition coefficient (Wildman–Crippen LogP) is 3.44. The van der Waals surface area contributed by atoms with Crippen LogP contribution in [0.4, 0.5) is 4.39 Å². The summed E-state index contributed by atoms with van der Waals surface area (Å²) in [6.07, 6.45) is -1.21. The zero-order valence-corrected chi connectivity index (χ0v) is 12.9. The summed E-state index contributed by atoms with van der Waals surface area (Å²) in [7, 11) is -4.95. The average Bonchev–Trinajstić information content (AvgIpc) is 2.33. The summed E-state index contributed by atoms with van der Waals surface area (Å²) < 4.78 is 53.2. The van der Waals surface area contributed by atoms with Gasteiger partial charge in [-0.3, -0.25) is 4.55 Å². The normalized spacial score (nSPS) is 17.3. The summed E-state index contributed by atoms with van der Waals surface area (Å²) in [5.41, 5.74) is -1.34. The number of halogens is 1. The molecule has 1 rings (SSSR count). The lowest BCUT2D eigenvalue weighted by Gasteiger charge is -2.40. The molecule has 0 fully saturated rings. The molecule has 0 radical (unpaired) electrons. The third kappa shape index (κ3) is 3.12. The Labute approximate surface area is 119 Å². The van der Waals surface area contributed by atoms with Gasteiger partial charge in [-0.05, 0) is 18.6 Å². The van der Waals surface area contributed by atoms with Crippen molar-refractivity contribution in [3.8, 4) is 5.75 Å². The quantitative estimate of drug-likeness (QED) is 0.846. The lowest BCUT2D eigenvalue weighted by Crippen LogP contribution is -2.56. The fourth-order valence-electron chi connectivity index (χ4n) is 2.12. The molecule has 0 heterocycles. The Morgan fingerprint density at radius 3 is 2.10 bits per heavy atom. The minimum absolute atomic E-state index is 0.0997. The van der Waals surface area contributed by atoms with Crippen LogP contribution in [0.25, 0.3) is 0 Å². The van der Waals surface area contributed by atoms with E-state index in [1.54, 1.807) is 37.3 Å². The van der Waals surface area contributed by atoms with Gasteiger partial charge in [0.25, 0.3) is 5.00 Å². The monoisotopic (exact) mass is 304 g/mol. The van der Waals surface area contributed by atoms with Gasteiger partial charge in [-0.15, -0.1) is 0 Å². The van der Waals surface area contributed by atoms with Gasteiger partial charge in [0.05, 0.1) is 0 Å². The van der Waals surface area contributed by atoms with Crippen molar-refractivity contribution in [2.45, 2.75) is 45.2 Å². The minimum atomic E-state index is -4.95. The van der Waals surface area contributed by atoms with Crippen LogP contribution in [0, 0.1) is 5.41 Å². The van der Waals surface area contributed by atoms with Crippen molar-refractivity contribution in [1.82, 2.24) is 0 Å². The summed E-state index contributed by atoms with van der Waals surface area (Å²) in [5, 5.41) is -2.90. The van der Waals surface area contributed by atoms with Crippen LogP contribution in [-0.4, -0.2) is 24.1 Å². The van der Waals surface area contributed by atoms with Crippen LogP contribution in [0.3, 0.4) is 0 Å². The summed E-state index contributed by atoms with van der Waals surface area (Å²) in [6.45, 7) is 5.85. The van der Waals surface area contributed by atoms with E-state index in [2.05, 4.69) is 0 Å². The fourth-order valence-corrected chi connectivity index (χ4v) is 3.44. The summed E-state index contributed by atoms with van der Waals surface area (Å²) >= 11 is 0. The third-order valence-electron chi connectivity index (χ3n) is 3.20. The Bertz CT molecular complexity index is 536. The molecular weight excluding hydrogens is 283 g/mol. The van der Waals surface area contributed by atoms with Crippen LogP contribution in [0.1, 0.15) is 34.1 Å². The molecule has 20 heavy (non-hydrogen) atoms. The molecule has 4 nitrogen and oxygen atoms in total. The Balaban J connectivity index is 3.25. The molecule has 0 saturated carbocycles. The largest absolute Gasteiger partial charge is 0.486 e. The molecule has 114 valence electrons. The van der Waals surface area contributed by atoms with Gasteiger partial charge in [-0.2, -0.15) is 8.42 Å². The van der Waals surface area contributed by atoms with Crippen LogP contribution in [0.2, 0.25) is 0 Å². The van der Waals surface area contributed by atoms with E-state index in [1.165, 1.54) is 20.8 Å². The molecule has 0 amide bonds. The lowest BCUT2D eigenvalue weighted by molar-refractivity contribution is -0.0131. The number of hydrogen-bond donors (Lipinski definition) is 1. The number of hydrogen-bond acceptors (Lipinski definition) is 3. The molecule has 2 atom stereocenters. The second-order valence-electron chi connectivity index (χ2n) is 5.70. The van der Waals surface area contributed by atoms with Crippen molar-refractivity contribution in [2.75, 3.05) is 0 Å². The zero-order valence-electron chi connectivity index (χ0n) is 12.1. The van der Waals surface area contributed by atoms with E-state index in [0.29, 0.717) is 5.75 Å². The van der Waals surface area contributed by atoms with Gasteiger partial charge < -0.3 is 4.74 Å². The van der Waals surface area contributed by atoms with Gasteiger partial charge in [-0.1, -0.05) is 45.9 Å². The van der Waals surface area contributed by atoms with E-state index in [-0.39, 0.29) is 6.42 Å². The maximum Gasteiger partial charge on any atom is 0.304 e. The van der Waals surface area contributed by atoms with Gasteiger partial charge >= 0.3 is 10.1 Å². The zero-order chi connectivity index (χ0) is 15.6. The van der Waals surface area contributed by atoms with E-state index in [1.807, 2.05) is 0 Å². The maximum atomic E-state index is 15.2. The first-order valence-electron chi connectivity index (χ1n) is 6.41. The van der Waals surface area contributed by atoms with Gasteiger partial charge in [0.15, 0.2) is 0 Å². The Hall–Kier alpha value is -1.14. The summed E-state index contributed by atoms with van der Waals surface area (Å²) in [4.78, 5) is 0. The first-order valence-corrected chi connectivity index (χ1v) is 7.85. The van der Waals surface area contributed by atoms with E-state index >= 15 is 4.39 Å². The lowest BCUT2D eigenvalue weighted by atomic mass is 9.85. The molecule has 1 aromatic carbocycles. The van der Waals surface area contributed by atoms with Gasteiger partial charge in [-0.25, -0.2) is 4.39 Å². The number of ether oxygens (including phenoxy) is 1. The first kappa shape index (κ1) is 16.9. The van der Waals surface area contributed by atoms with Crippen LogP contribution in [0.15, 0.2) is 30.3 Å². The Kier molecular flexibility index (Phi) is 4.82. The fraction of sp³-hybridized carbons (Fsp3) is 0.571. The molecule has 1 N–H and O–H groups in total. The molecule has 1 aromatic rings. The number of alkyl halides is 1. The smallest absolute Gasteiger partial charge is 0.304 e. The van der Waals surface area contributed by atoms with Crippen LogP contribution >= 0.6 is 0 Å². The minimum Gasteiger partial charge on any atom is -0.486 e. The standard InChI is InChI=1S/C14H21FO4S/c1-5-12(19-11-9-7-6-8-10-11)14(15,13(2,3)4)20(16,17)18/h6-10,12H,5H2,1-4H3,(H,16,17,18). The van der Waals surface area contributed by atoms with Gasteiger partial charge in [0, 0.05) is 5.41 Å². The van der Waals surface area contributed by atoms with Crippen molar-refractivity contribution in [3.63, 3.8) is 0 Å². The van der Waals surface area contributed by atoms with E-state index in [4.69, 9.17) is 4.74 Å². The molecule has 0 aromatic heterocycles. The second-order valence-corrected chi connectivity index (χ2v) is 7.24. The summed E-state index contributed by atoms with van der Waals surface area (Å²) in [6, 6.07) is 8.38. The van der Waals surface area contributed by atoms with Crippen LogP contribution in [-0.2, 0) is 10.1 Å².